The zero-order valence-corrected chi connectivity index (χ0v) is 22.2. The molecule has 1 saturated carbocycles. The van der Waals surface area contributed by atoms with Gasteiger partial charge in [0.25, 0.3) is 0 Å². The Hall–Kier alpha value is -2.32. The van der Waals surface area contributed by atoms with Crippen molar-refractivity contribution in [3.05, 3.63) is 17.7 Å². The fraction of sp³-hybridized carbons (Fsp3) is 0.714. The van der Waals surface area contributed by atoms with Gasteiger partial charge in [-0.15, -0.1) is 0 Å². The molecule has 2 unspecified atom stereocenters. The molecule has 5 atom stereocenters. The summed E-state index contributed by atoms with van der Waals surface area (Å²) in [5.74, 6) is 1.30. The molecule has 5 fully saturated rings. The number of amides is 2. The van der Waals surface area contributed by atoms with Crippen molar-refractivity contribution in [2.45, 2.75) is 88.0 Å². The Labute approximate surface area is 212 Å². The van der Waals surface area contributed by atoms with Crippen LogP contribution in [0.1, 0.15) is 65.9 Å². The van der Waals surface area contributed by atoms with Crippen LogP contribution in [0.25, 0.3) is 0 Å². The van der Waals surface area contributed by atoms with Crippen molar-refractivity contribution in [2.75, 3.05) is 32.1 Å². The Morgan fingerprint density at radius 1 is 1.11 bits per heavy atom. The van der Waals surface area contributed by atoms with Crippen LogP contribution >= 0.6 is 0 Å². The van der Waals surface area contributed by atoms with Crippen molar-refractivity contribution < 1.29 is 24.2 Å². The van der Waals surface area contributed by atoms with Crippen LogP contribution < -0.4 is 14.8 Å². The fourth-order valence-electron chi connectivity index (χ4n) is 9.23. The van der Waals surface area contributed by atoms with Crippen LogP contribution in [-0.2, 0) is 15.0 Å². The van der Waals surface area contributed by atoms with E-state index < -0.39 is 27.5 Å². The maximum absolute atomic E-state index is 14.2. The first-order valence-corrected chi connectivity index (χ1v) is 13.3. The normalized spacial score (nSPS) is 43.3. The Bertz CT molecular complexity index is 1240. The number of benzene rings is 1. The second-order valence-electron chi connectivity index (χ2n) is 13.6. The zero-order valence-electron chi connectivity index (χ0n) is 22.2. The molecule has 2 N–H and O–H groups in total. The molecular formula is C28H37N3O5. The van der Waals surface area contributed by atoms with E-state index in [1.807, 2.05) is 44.9 Å². The Morgan fingerprint density at radius 2 is 1.86 bits per heavy atom. The molecule has 1 aromatic carbocycles. The van der Waals surface area contributed by atoms with Crippen molar-refractivity contribution in [3.63, 3.8) is 0 Å². The SMILES string of the molecule is CN1C(=O)C23CC4C(C)(C)[C@@]5(C[C@@]41CN2CC[C@@]3(C)O)C(=O)Nc1c5ccc2c1OCCC(C)(C)O2. The Morgan fingerprint density at radius 3 is 2.61 bits per heavy atom. The lowest BCUT2D eigenvalue weighted by atomic mass is 9.55. The van der Waals surface area contributed by atoms with Crippen LogP contribution in [0, 0.1) is 11.3 Å². The summed E-state index contributed by atoms with van der Waals surface area (Å²) in [4.78, 5) is 32.3. The number of ether oxygens (including phenoxy) is 2. The van der Waals surface area contributed by atoms with Gasteiger partial charge >= 0.3 is 0 Å². The van der Waals surface area contributed by atoms with Crippen molar-refractivity contribution >= 4 is 17.5 Å². The van der Waals surface area contributed by atoms with Crippen molar-refractivity contribution in [1.29, 1.82) is 0 Å². The third kappa shape index (κ3) is 2.19. The standard InChI is InChI=1S/C28H37N3O5/c1-23(2)10-12-35-20-17(36-23)8-7-16-19(20)29-21(32)27(16)14-26-15-31-11-9-25(5,34)28(31,22(33)30(26)6)13-18(26)24(27,3)4/h7-8,18,34H,9-15H2,1-6H3,(H,29,32)/t18?,25-,26-,27-,28?/m1/s1. The van der Waals surface area contributed by atoms with Crippen molar-refractivity contribution in [3.8, 4) is 11.5 Å². The number of piperidine rings is 2. The summed E-state index contributed by atoms with van der Waals surface area (Å²) in [7, 11) is 1.89. The predicted molar refractivity (Wildman–Crippen MR) is 133 cm³/mol. The van der Waals surface area contributed by atoms with Gasteiger partial charge in [0.05, 0.1) is 28.8 Å². The Kier molecular flexibility index (Phi) is 3.94. The third-order valence-electron chi connectivity index (χ3n) is 11.3. The first-order chi connectivity index (χ1) is 16.7. The minimum atomic E-state index is -1.10. The molecule has 0 aromatic heterocycles. The van der Waals surface area contributed by atoms with E-state index >= 15 is 0 Å². The summed E-state index contributed by atoms with van der Waals surface area (Å²) in [6, 6.07) is 3.99. The van der Waals surface area contributed by atoms with Gasteiger partial charge in [-0.1, -0.05) is 19.9 Å². The average Bonchev–Trinajstić information content (AvgIpc) is 3.25. The highest BCUT2D eigenvalue weighted by Gasteiger charge is 2.82. The largest absolute Gasteiger partial charge is 0.487 e. The lowest BCUT2D eigenvalue weighted by molar-refractivity contribution is -0.206. The van der Waals surface area contributed by atoms with E-state index in [1.54, 1.807) is 0 Å². The lowest BCUT2D eigenvalue weighted by Gasteiger charge is -2.65. The van der Waals surface area contributed by atoms with Crippen LogP contribution in [0.5, 0.6) is 11.5 Å². The lowest BCUT2D eigenvalue weighted by Crippen LogP contribution is -2.82. The minimum Gasteiger partial charge on any atom is -0.487 e. The number of carbonyl (C=O) groups excluding carboxylic acids is 2. The molecule has 8 heteroatoms. The third-order valence-corrected chi connectivity index (χ3v) is 11.3. The molecule has 7 aliphatic rings. The summed E-state index contributed by atoms with van der Waals surface area (Å²) in [5, 5.41) is 14.7. The van der Waals surface area contributed by atoms with Gasteiger partial charge in [-0.25, -0.2) is 0 Å². The van der Waals surface area contributed by atoms with Gasteiger partial charge in [-0.2, -0.15) is 0 Å². The highest BCUT2D eigenvalue weighted by atomic mass is 16.5. The molecule has 1 aromatic rings. The highest BCUT2D eigenvalue weighted by Crippen LogP contribution is 2.73. The molecule has 8 nitrogen and oxygen atoms in total. The molecule has 2 amide bonds. The van der Waals surface area contributed by atoms with Crippen LogP contribution in [0.2, 0.25) is 0 Å². The molecule has 0 radical (unpaired) electrons. The van der Waals surface area contributed by atoms with E-state index in [1.165, 1.54) is 0 Å². The number of nitrogens with one attached hydrogen (secondary N) is 1. The number of hydrogen-bond donors (Lipinski definition) is 2. The summed E-state index contributed by atoms with van der Waals surface area (Å²) < 4.78 is 12.5. The van der Waals surface area contributed by atoms with Crippen molar-refractivity contribution in [1.82, 2.24) is 9.80 Å². The van der Waals surface area contributed by atoms with Crippen LogP contribution in [0.3, 0.4) is 0 Å². The molecule has 194 valence electrons. The number of likely N-dealkylation sites (N-methyl/N-ethyl adjacent to an activating group) is 1. The molecule has 36 heavy (non-hydrogen) atoms. The number of aliphatic hydroxyl groups is 1. The van der Waals surface area contributed by atoms with E-state index in [0.29, 0.717) is 56.1 Å². The maximum atomic E-state index is 14.2. The van der Waals surface area contributed by atoms with Gasteiger partial charge in [-0.05, 0) is 63.0 Å². The van der Waals surface area contributed by atoms with Gasteiger partial charge in [0.2, 0.25) is 11.8 Å². The van der Waals surface area contributed by atoms with Crippen molar-refractivity contribution in [2.24, 2.45) is 11.3 Å². The topological polar surface area (TPSA) is 91.3 Å². The summed E-state index contributed by atoms with van der Waals surface area (Å²) >= 11 is 0. The number of piperazine rings is 1. The van der Waals surface area contributed by atoms with E-state index in [0.717, 1.165) is 12.0 Å². The summed E-state index contributed by atoms with van der Waals surface area (Å²) in [5.41, 5.74) is -2.48. The molecular weight excluding hydrogens is 458 g/mol. The number of rotatable bonds is 0. The van der Waals surface area contributed by atoms with Gasteiger partial charge < -0.3 is 24.8 Å². The molecule has 1 aliphatic carbocycles. The summed E-state index contributed by atoms with van der Waals surface area (Å²) in [6.45, 7) is 12.2. The van der Waals surface area contributed by atoms with Gasteiger partial charge in [0.15, 0.2) is 11.5 Å². The minimum absolute atomic E-state index is 0.000119. The van der Waals surface area contributed by atoms with Gasteiger partial charge in [0, 0.05) is 26.6 Å². The number of nitrogens with zero attached hydrogens (tertiary/aromatic N) is 2. The number of anilines is 1. The zero-order chi connectivity index (χ0) is 25.7. The maximum Gasteiger partial charge on any atom is 0.246 e. The van der Waals surface area contributed by atoms with E-state index in [-0.39, 0.29) is 23.3 Å². The predicted octanol–water partition coefficient (Wildman–Crippen LogP) is 2.67. The first kappa shape index (κ1) is 22.8. The van der Waals surface area contributed by atoms with Crippen LogP contribution in [0.4, 0.5) is 5.69 Å². The average molecular weight is 496 g/mol. The number of hydrogen-bond acceptors (Lipinski definition) is 6. The highest BCUT2D eigenvalue weighted by molar-refractivity contribution is 6.09. The second kappa shape index (κ2) is 6.21. The monoisotopic (exact) mass is 495 g/mol. The number of carbonyl (C=O) groups is 2. The van der Waals surface area contributed by atoms with Gasteiger partial charge in [-0.3, -0.25) is 14.5 Å². The fourth-order valence-corrected chi connectivity index (χ4v) is 9.23. The molecule has 3 spiro atoms. The quantitative estimate of drug-likeness (QED) is 0.575. The Balaban J connectivity index is 1.41. The second-order valence-corrected chi connectivity index (χ2v) is 13.6. The van der Waals surface area contributed by atoms with Crippen LogP contribution in [0.15, 0.2) is 12.1 Å². The molecule has 6 aliphatic heterocycles. The van der Waals surface area contributed by atoms with Crippen LogP contribution in [-0.4, -0.2) is 75.7 Å². The first-order valence-electron chi connectivity index (χ1n) is 13.3. The molecule has 6 heterocycles. The summed E-state index contributed by atoms with van der Waals surface area (Å²) in [6.07, 6.45) is 2.46. The smallest absolute Gasteiger partial charge is 0.246 e. The molecule has 8 rings (SSSR count). The van der Waals surface area contributed by atoms with Gasteiger partial charge in [0.1, 0.15) is 11.1 Å². The molecule has 2 bridgehead atoms. The van der Waals surface area contributed by atoms with E-state index in [2.05, 4.69) is 24.1 Å². The van der Waals surface area contributed by atoms with E-state index in [4.69, 9.17) is 9.47 Å². The molecule has 4 saturated heterocycles. The number of fused-ring (bicyclic) bond motifs is 5. The van der Waals surface area contributed by atoms with E-state index in [9.17, 15) is 14.7 Å².